The molecular weight excluding hydrogens is 336 g/mol. The quantitative estimate of drug-likeness (QED) is 0.767. The van der Waals surface area contributed by atoms with E-state index in [4.69, 9.17) is 5.10 Å². The fourth-order valence-corrected chi connectivity index (χ4v) is 3.58. The Bertz CT molecular complexity index is 897. The molecule has 1 aliphatic heterocycles. The van der Waals surface area contributed by atoms with Crippen molar-refractivity contribution < 1.29 is 4.79 Å². The maximum atomic E-state index is 12.7. The number of benzene rings is 2. The minimum Gasteiger partial charge on any atom is -0.306 e. The maximum absolute atomic E-state index is 12.7. The Kier molecular flexibility index (Phi) is 5.03. The molecule has 1 fully saturated rings. The highest BCUT2D eigenvalue weighted by Gasteiger charge is 2.24. The first-order chi connectivity index (χ1) is 13.2. The number of amides is 1. The van der Waals surface area contributed by atoms with Crippen molar-refractivity contribution in [1.82, 2.24) is 14.7 Å². The van der Waals surface area contributed by atoms with Crippen LogP contribution in [0.4, 0.5) is 5.82 Å². The van der Waals surface area contributed by atoms with Crippen LogP contribution in [0, 0.1) is 0 Å². The number of anilines is 1. The lowest BCUT2D eigenvalue weighted by molar-refractivity contribution is 0.102. The van der Waals surface area contributed by atoms with E-state index in [9.17, 15) is 4.79 Å². The van der Waals surface area contributed by atoms with Gasteiger partial charge in [-0.3, -0.25) is 4.79 Å². The number of para-hydroxylation sites is 1. The molecule has 0 bridgehead atoms. The molecule has 2 heterocycles. The average Bonchev–Trinajstić information content (AvgIpc) is 3.13. The molecule has 0 radical (unpaired) electrons. The Balaban J connectivity index is 1.65. The summed E-state index contributed by atoms with van der Waals surface area (Å²) in [6.07, 6.45) is 4.22. The van der Waals surface area contributed by atoms with Gasteiger partial charge in [0.25, 0.3) is 5.91 Å². The third-order valence-electron chi connectivity index (χ3n) is 5.19. The third kappa shape index (κ3) is 3.93. The van der Waals surface area contributed by atoms with Gasteiger partial charge < -0.3 is 10.2 Å². The molecule has 0 spiro atoms. The predicted octanol–water partition coefficient (Wildman–Crippen LogP) is 3.93. The summed E-state index contributed by atoms with van der Waals surface area (Å²) in [5.41, 5.74) is 2.75. The third-order valence-corrected chi connectivity index (χ3v) is 5.19. The zero-order valence-corrected chi connectivity index (χ0v) is 15.5. The first kappa shape index (κ1) is 17.5. The maximum Gasteiger partial charge on any atom is 0.256 e. The number of hydrogen-bond acceptors (Lipinski definition) is 3. The molecule has 0 aliphatic carbocycles. The molecule has 4 rings (SSSR count). The van der Waals surface area contributed by atoms with Crippen LogP contribution in [0.15, 0.2) is 66.9 Å². The van der Waals surface area contributed by atoms with Crippen LogP contribution in [-0.2, 0) is 0 Å². The average molecular weight is 360 g/mol. The summed E-state index contributed by atoms with van der Waals surface area (Å²) in [4.78, 5) is 15.0. The zero-order chi connectivity index (χ0) is 18.6. The first-order valence-corrected chi connectivity index (χ1v) is 9.40. The number of carbonyl (C=O) groups is 1. The summed E-state index contributed by atoms with van der Waals surface area (Å²) < 4.78 is 1.87. The number of likely N-dealkylation sites (tertiary alicyclic amines) is 1. The number of piperidine rings is 1. The molecule has 27 heavy (non-hydrogen) atoms. The van der Waals surface area contributed by atoms with E-state index in [0.717, 1.165) is 37.2 Å². The van der Waals surface area contributed by atoms with Crippen molar-refractivity contribution in [2.75, 3.05) is 25.5 Å². The van der Waals surface area contributed by atoms with Crippen LogP contribution in [-0.4, -0.2) is 40.7 Å². The van der Waals surface area contributed by atoms with E-state index in [1.54, 1.807) is 0 Å². The number of aromatic nitrogens is 2. The Morgan fingerprint density at radius 1 is 1.00 bits per heavy atom. The summed E-state index contributed by atoms with van der Waals surface area (Å²) in [7, 11) is 2.15. The van der Waals surface area contributed by atoms with Crippen LogP contribution in [0.1, 0.15) is 34.7 Å². The molecule has 1 amide bonds. The SMILES string of the molecule is CN1CCC(c2cn(-c3ccccc3)nc2NC(=O)c2ccccc2)CC1. The van der Waals surface area contributed by atoms with E-state index in [0.29, 0.717) is 17.3 Å². The van der Waals surface area contributed by atoms with Gasteiger partial charge in [0.1, 0.15) is 0 Å². The molecule has 5 heteroatoms. The molecule has 1 saturated heterocycles. The Morgan fingerprint density at radius 2 is 1.63 bits per heavy atom. The fourth-order valence-electron chi connectivity index (χ4n) is 3.58. The highest BCUT2D eigenvalue weighted by Crippen LogP contribution is 2.33. The summed E-state index contributed by atoms with van der Waals surface area (Å²) in [5.74, 6) is 0.954. The minimum atomic E-state index is -0.122. The standard InChI is InChI=1S/C22H24N4O/c1-25-14-12-17(13-15-25)20-16-26(19-10-6-3-7-11-19)24-21(20)23-22(27)18-8-4-2-5-9-18/h2-11,16-17H,12-15H2,1H3,(H,23,24,27). The Labute approximate surface area is 159 Å². The van der Waals surface area contributed by atoms with E-state index in [1.165, 1.54) is 0 Å². The van der Waals surface area contributed by atoms with E-state index < -0.39 is 0 Å². The van der Waals surface area contributed by atoms with Crippen molar-refractivity contribution in [3.05, 3.63) is 78.0 Å². The number of nitrogens with zero attached hydrogens (tertiary/aromatic N) is 3. The van der Waals surface area contributed by atoms with E-state index >= 15 is 0 Å². The summed E-state index contributed by atoms with van der Waals surface area (Å²) in [6.45, 7) is 2.13. The van der Waals surface area contributed by atoms with E-state index in [-0.39, 0.29) is 5.91 Å². The largest absolute Gasteiger partial charge is 0.306 e. The van der Waals surface area contributed by atoms with Crippen LogP contribution in [0.5, 0.6) is 0 Å². The molecule has 0 saturated carbocycles. The number of nitrogens with one attached hydrogen (secondary N) is 1. The van der Waals surface area contributed by atoms with Crippen LogP contribution in [0.25, 0.3) is 5.69 Å². The molecule has 0 atom stereocenters. The fraction of sp³-hybridized carbons (Fsp3) is 0.273. The van der Waals surface area contributed by atoms with Gasteiger partial charge in [0.15, 0.2) is 5.82 Å². The smallest absolute Gasteiger partial charge is 0.256 e. The lowest BCUT2D eigenvalue weighted by atomic mass is 9.91. The molecule has 138 valence electrons. The van der Waals surface area contributed by atoms with Gasteiger partial charge in [-0.05, 0) is 63.2 Å². The summed E-state index contributed by atoms with van der Waals surface area (Å²) >= 11 is 0. The molecule has 1 aromatic heterocycles. The van der Waals surface area contributed by atoms with Crippen molar-refractivity contribution in [3.63, 3.8) is 0 Å². The molecule has 1 aliphatic rings. The highest BCUT2D eigenvalue weighted by molar-refractivity contribution is 6.04. The van der Waals surface area contributed by atoms with Crippen molar-refractivity contribution in [2.24, 2.45) is 0 Å². The second-order valence-electron chi connectivity index (χ2n) is 7.11. The predicted molar refractivity (Wildman–Crippen MR) is 107 cm³/mol. The topological polar surface area (TPSA) is 50.2 Å². The van der Waals surface area contributed by atoms with Gasteiger partial charge in [0.05, 0.1) is 5.69 Å². The second kappa shape index (κ2) is 7.76. The zero-order valence-electron chi connectivity index (χ0n) is 15.5. The van der Waals surface area contributed by atoms with Gasteiger partial charge >= 0.3 is 0 Å². The summed E-state index contributed by atoms with van der Waals surface area (Å²) in [5, 5.41) is 7.75. The first-order valence-electron chi connectivity index (χ1n) is 9.40. The highest BCUT2D eigenvalue weighted by atomic mass is 16.1. The van der Waals surface area contributed by atoms with Gasteiger partial charge in [-0.1, -0.05) is 36.4 Å². The van der Waals surface area contributed by atoms with E-state index in [2.05, 4.69) is 23.5 Å². The Hall–Kier alpha value is -2.92. The van der Waals surface area contributed by atoms with Crippen molar-refractivity contribution in [2.45, 2.75) is 18.8 Å². The Morgan fingerprint density at radius 3 is 2.30 bits per heavy atom. The molecule has 5 nitrogen and oxygen atoms in total. The van der Waals surface area contributed by atoms with Crippen LogP contribution in [0.3, 0.4) is 0 Å². The van der Waals surface area contributed by atoms with Crippen LogP contribution >= 0.6 is 0 Å². The molecule has 0 unspecified atom stereocenters. The molecule has 1 N–H and O–H groups in total. The minimum absolute atomic E-state index is 0.122. The molecule has 2 aromatic carbocycles. The van der Waals surface area contributed by atoms with Crippen LogP contribution < -0.4 is 5.32 Å². The molecule has 3 aromatic rings. The van der Waals surface area contributed by atoms with Crippen molar-refractivity contribution in [1.29, 1.82) is 0 Å². The number of carbonyl (C=O) groups excluding carboxylic acids is 1. The molecular formula is C22H24N4O. The van der Waals surface area contributed by atoms with Gasteiger partial charge in [-0.25, -0.2) is 4.68 Å². The lowest BCUT2D eigenvalue weighted by Gasteiger charge is -2.28. The van der Waals surface area contributed by atoms with Crippen molar-refractivity contribution in [3.8, 4) is 5.69 Å². The number of hydrogen-bond donors (Lipinski definition) is 1. The number of rotatable bonds is 4. The van der Waals surface area contributed by atoms with Gasteiger partial charge in [-0.15, -0.1) is 5.10 Å². The van der Waals surface area contributed by atoms with Crippen molar-refractivity contribution >= 4 is 11.7 Å². The van der Waals surface area contributed by atoms with Gasteiger partial charge in [0, 0.05) is 17.3 Å². The van der Waals surface area contributed by atoms with Gasteiger partial charge in [0.2, 0.25) is 0 Å². The van der Waals surface area contributed by atoms with Gasteiger partial charge in [-0.2, -0.15) is 0 Å². The monoisotopic (exact) mass is 360 g/mol. The normalized spacial score (nSPS) is 15.6. The van der Waals surface area contributed by atoms with Crippen LogP contribution in [0.2, 0.25) is 0 Å². The lowest BCUT2D eigenvalue weighted by Crippen LogP contribution is -2.29. The van der Waals surface area contributed by atoms with E-state index in [1.807, 2.05) is 65.3 Å². The summed E-state index contributed by atoms with van der Waals surface area (Å²) in [6, 6.07) is 19.3. The second-order valence-corrected chi connectivity index (χ2v) is 7.11.